The molecule has 0 saturated heterocycles. The number of esters is 2. The third-order valence-corrected chi connectivity index (χ3v) is 4.67. The van der Waals surface area contributed by atoms with Gasteiger partial charge in [-0.2, -0.15) is 0 Å². The Hall–Kier alpha value is -3.58. The van der Waals surface area contributed by atoms with Crippen LogP contribution in [0.25, 0.3) is 12.2 Å². The van der Waals surface area contributed by atoms with Crippen LogP contribution in [0.1, 0.15) is 38.3 Å². The molecule has 0 N–H and O–H groups in total. The van der Waals surface area contributed by atoms with Crippen LogP contribution in [0.3, 0.4) is 0 Å². The molecule has 0 radical (unpaired) electrons. The number of rotatable bonds is 13. The molecule has 2 aromatic carbocycles. The van der Waals surface area contributed by atoms with Crippen molar-refractivity contribution in [3.05, 3.63) is 71.8 Å². The predicted molar refractivity (Wildman–Crippen MR) is 142 cm³/mol. The van der Waals surface area contributed by atoms with E-state index in [1.807, 2.05) is 55.5 Å². The quantitative estimate of drug-likeness (QED) is 0.202. The summed E-state index contributed by atoms with van der Waals surface area (Å²) in [7, 11) is 3.23. The van der Waals surface area contributed by atoms with Crippen LogP contribution in [0.15, 0.2) is 60.7 Å². The van der Waals surface area contributed by atoms with Crippen molar-refractivity contribution in [2.75, 3.05) is 40.6 Å². The van der Waals surface area contributed by atoms with Gasteiger partial charge in [-0.3, -0.25) is 0 Å². The van der Waals surface area contributed by atoms with Gasteiger partial charge in [0.2, 0.25) is 0 Å². The van der Waals surface area contributed by atoms with E-state index >= 15 is 0 Å². The smallest absolute Gasteiger partial charge is 0.330 e. The normalized spacial score (nSPS) is 10.7. The Morgan fingerprint density at radius 1 is 0.722 bits per heavy atom. The van der Waals surface area contributed by atoms with Gasteiger partial charge in [0.15, 0.2) is 0 Å². The van der Waals surface area contributed by atoms with Crippen LogP contribution >= 0.6 is 0 Å². The van der Waals surface area contributed by atoms with Gasteiger partial charge in [-0.05, 0) is 66.8 Å². The van der Waals surface area contributed by atoms with Crippen LogP contribution in [-0.4, -0.2) is 52.6 Å². The van der Waals surface area contributed by atoms with Gasteiger partial charge in [-0.1, -0.05) is 38.1 Å². The van der Waals surface area contributed by atoms with E-state index < -0.39 is 0 Å². The molecule has 0 fully saturated rings. The van der Waals surface area contributed by atoms with E-state index in [1.54, 1.807) is 26.4 Å². The first-order valence-corrected chi connectivity index (χ1v) is 11.9. The summed E-state index contributed by atoms with van der Waals surface area (Å²) in [6.07, 6.45) is 7.16. The molecule has 0 heterocycles. The summed E-state index contributed by atoms with van der Waals surface area (Å²) in [5, 5.41) is 0. The lowest BCUT2D eigenvalue weighted by Crippen LogP contribution is -2.08. The van der Waals surface area contributed by atoms with Gasteiger partial charge >= 0.3 is 11.9 Å². The van der Waals surface area contributed by atoms with E-state index in [9.17, 15) is 9.59 Å². The summed E-state index contributed by atoms with van der Waals surface area (Å²) in [5.41, 5.74) is 1.86. The lowest BCUT2D eigenvalue weighted by molar-refractivity contribution is -0.139. The molecule has 0 unspecified atom stereocenters. The van der Waals surface area contributed by atoms with E-state index in [1.165, 1.54) is 12.2 Å². The van der Waals surface area contributed by atoms with Gasteiger partial charge in [0.05, 0.1) is 27.4 Å². The Morgan fingerprint density at radius 2 is 1.17 bits per heavy atom. The SMILES string of the molecule is CCOCCOC(=O)C=Cc1ccc(OC)cc1.COc1ccc(C=CC(=O)OCCC(C)C)cc1. The Labute approximate surface area is 214 Å². The first-order chi connectivity index (χ1) is 17.4. The number of hydrogen-bond acceptors (Lipinski definition) is 7. The fraction of sp³-hybridized carbons (Fsp3) is 0.379. The molecule has 2 rings (SSSR count). The number of methoxy groups -OCH3 is 2. The fourth-order valence-electron chi connectivity index (χ4n) is 2.60. The third-order valence-electron chi connectivity index (χ3n) is 4.67. The van der Waals surface area contributed by atoms with Crippen LogP contribution in [0, 0.1) is 5.92 Å². The van der Waals surface area contributed by atoms with E-state index in [2.05, 4.69) is 13.8 Å². The molecular weight excluding hydrogens is 460 g/mol. The van der Waals surface area contributed by atoms with E-state index in [0.29, 0.717) is 25.7 Å². The molecule has 0 spiro atoms. The lowest BCUT2D eigenvalue weighted by atomic mass is 10.1. The summed E-state index contributed by atoms with van der Waals surface area (Å²) in [4.78, 5) is 22.7. The second-order valence-electron chi connectivity index (χ2n) is 7.93. The van der Waals surface area contributed by atoms with Gasteiger partial charge in [0.1, 0.15) is 18.1 Å². The number of carbonyl (C=O) groups excluding carboxylic acids is 2. The molecular formula is C29H38O7. The fourth-order valence-corrected chi connectivity index (χ4v) is 2.60. The second-order valence-corrected chi connectivity index (χ2v) is 7.93. The molecule has 196 valence electrons. The first-order valence-electron chi connectivity index (χ1n) is 11.9. The minimum absolute atomic E-state index is 0.277. The minimum Gasteiger partial charge on any atom is -0.497 e. The number of ether oxygens (including phenoxy) is 5. The molecule has 0 atom stereocenters. The molecule has 0 saturated carbocycles. The summed E-state index contributed by atoms with van der Waals surface area (Å²) in [6.45, 7) is 7.90. The van der Waals surface area contributed by atoms with Crippen molar-refractivity contribution in [2.45, 2.75) is 27.2 Å². The summed E-state index contributed by atoms with van der Waals surface area (Å²) in [5.74, 6) is 1.46. The van der Waals surface area contributed by atoms with E-state index in [0.717, 1.165) is 29.0 Å². The highest BCUT2D eigenvalue weighted by Gasteiger charge is 1.99. The van der Waals surface area contributed by atoms with Crippen molar-refractivity contribution in [2.24, 2.45) is 5.92 Å². The van der Waals surface area contributed by atoms with Crippen molar-refractivity contribution < 1.29 is 33.3 Å². The number of carbonyl (C=O) groups is 2. The summed E-state index contributed by atoms with van der Waals surface area (Å²) < 4.78 is 25.2. The average molecular weight is 499 g/mol. The monoisotopic (exact) mass is 498 g/mol. The van der Waals surface area contributed by atoms with Crippen LogP contribution in [0.5, 0.6) is 11.5 Å². The van der Waals surface area contributed by atoms with Crippen LogP contribution in [0.2, 0.25) is 0 Å². The van der Waals surface area contributed by atoms with Crippen LogP contribution in [-0.2, 0) is 23.8 Å². The van der Waals surface area contributed by atoms with Crippen LogP contribution in [0.4, 0.5) is 0 Å². The molecule has 0 amide bonds. The van der Waals surface area contributed by atoms with Crippen molar-refractivity contribution >= 4 is 24.1 Å². The standard InChI is InChI=1S/C15H20O3.C14H18O4/c1-12(2)10-11-18-15(16)9-6-13-4-7-14(17-3)8-5-13;1-3-17-10-11-18-14(15)9-6-12-4-7-13(16-2)8-5-12/h4-9,12H,10-11H2,1-3H3;4-9H,3,10-11H2,1-2H3. The topological polar surface area (TPSA) is 80.3 Å². The highest BCUT2D eigenvalue weighted by molar-refractivity contribution is 5.87. The number of benzene rings is 2. The van der Waals surface area contributed by atoms with E-state index in [4.69, 9.17) is 23.7 Å². The molecule has 0 bridgehead atoms. The van der Waals surface area contributed by atoms with Gasteiger partial charge in [0.25, 0.3) is 0 Å². The van der Waals surface area contributed by atoms with Gasteiger partial charge in [-0.15, -0.1) is 0 Å². The zero-order valence-electron chi connectivity index (χ0n) is 21.9. The first kappa shape index (κ1) is 30.5. The van der Waals surface area contributed by atoms with Gasteiger partial charge in [-0.25, -0.2) is 9.59 Å². The van der Waals surface area contributed by atoms with Crippen molar-refractivity contribution in [3.63, 3.8) is 0 Å². The maximum Gasteiger partial charge on any atom is 0.330 e. The summed E-state index contributed by atoms with van der Waals surface area (Å²) in [6, 6.07) is 14.9. The average Bonchev–Trinajstić information content (AvgIpc) is 2.89. The molecule has 0 aliphatic heterocycles. The van der Waals surface area contributed by atoms with Crippen molar-refractivity contribution in [1.29, 1.82) is 0 Å². The zero-order chi connectivity index (χ0) is 26.6. The molecule has 7 heteroatoms. The zero-order valence-corrected chi connectivity index (χ0v) is 21.9. The Bertz CT molecular complexity index is 929. The Balaban J connectivity index is 0.000000360. The van der Waals surface area contributed by atoms with Crippen LogP contribution < -0.4 is 9.47 Å². The Morgan fingerprint density at radius 3 is 1.56 bits per heavy atom. The number of hydrogen-bond donors (Lipinski definition) is 0. The molecule has 2 aromatic rings. The molecule has 0 aromatic heterocycles. The summed E-state index contributed by atoms with van der Waals surface area (Å²) >= 11 is 0. The maximum absolute atomic E-state index is 11.4. The predicted octanol–water partition coefficient (Wildman–Crippen LogP) is 5.59. The van der Waals surface area contributed by atoms with Gasteiger partial charge < -0.3 is 23.7 Å². The van der Waals surface area contributed by atoms with Crippen molar-refractivity contribution in [1.82, 2.24) is 0 Å². The van der Waals surface area contributed by atoms with E-state index in [-0.39, 0.29) is 18.5 Å². The molecule has 0 aliphatic rings. The molecule has 0 aliphatic carbocycles. The Kier molecular flexibility index (Phi) is 15.8. The highest BCUT2D eigenvalue weighted by atomic mass is 16.6. The largest absolute Gasteiger partial charge is 0.497 e. The highest BCUT2D eigenvalue weighted by Crippen LogP contribution is 2.13. The molecule has 7 nitrogen and oxygen atoms in total. The lowest BCUT2D eigenvalue weighted by Gasteiger charge is -2.04. The minimum atomic E-state index is -0.370. The third kappa shape index (κ3) is 14.6. The second kappa shape index (κ2) is 18.7. The molecule has 36 heavy (non-hydrogen) atoms. The van der Waals surface area contributed by atoms with Gasteiger partial charge in [0, 0.05) is 18.8 Å². The maximum atomic E-state index is 11.4. The van der Waals surface area contributed by atoms with Crippen molar-refractivity contribution in [3.8, 4) is 11.5 Å².